The molecule has 0 aromatic carbocycles. The van der Waals surface area contributed by atoms with Crippen LogP contribution in [0.4, 0.5) is 5.69 Å². The number of carbonyl (C=O) groups is 1. The van der Waals surface area contributed by atoms with Crippen molar-refractivity contribution in [2.75, 3.05) is 5.32 Å². The van der Waals surface area contributed by atoms with E-state index in [1.54, 1.807) is 24.8 Å². The maximum atomic E-state index is 10.9. The molecule has 2 aromatic rings. The van der Waals surface area contributed by atoms with Crippen molar-refractivity contribution in [3.8, 4) is 0 Å². The fraction of sp³-hybridized carbons (Fsp3) is 0.111. The van der Waals surface area contributed by atoms with Gasteiger partial charge in [0, 0.05) is 19.3 Å². The summed E-state index contributed by atoms with van der Waals surface area (Å²) in [5, 5.41) is 2.64. The Hall–Kier alpha value is -2.04. The van der Waals surface area contributed by atoms with E-state index in [1.165, 1.54) is 6.92 Å². The van der Waals surface area contributed by atoms with Crippen LogP contribution in [0.15, 0.2) is 24.8 Å². The Bertz CT molecular complexity index is 478. The largest absolute Gasteiger partial charge is 0.323 e. The Labute approximate surface area is 80.2 Å². The zero-order valence-electron chi connectivity index (χ0n) is 7.56. The van der Waals surface area contributed by atoms with Gasteiger partial charge in [-0.25, -0.2) is 0 Å². The Morgan fingerprint density at radius 2 is 2.07 bits per heavy atom. The molecule has 0 saturated heterocycles. The molecule has 0 bridgehead atoms. The number of nitrogens with zero attached hydrogens (tertiary/aromatic N) is 3. The molecule has 1 amide bonds. The minimum absolute atomic E-state index is 0.148. The van der Waals surface area contributed by atoms with E-state index in [9.17, 15) is 4.79 Å². The van der Waals surface area contributed by atoms with Crippen molar-refractivity contribution in [1.82, 2.24) is 15.0 Å². The van der Waals surface area contributed by atoms with Crippen LogP contribution in [0.3, 0.4) is 0 Å². The molecule has 2 aromatic heterocycles. The van der Waals surface area contributed by atoms with E-state index in [2.05, 4.69) is 20.3 Å². The lowest BCUT2D eigenvalue weighted by atomic mass is 10.3. The number of pyridine rings is 1. The van der Waals surface area contributed by atoms with Gasteiger partial charge >= 0.3 is 0 Å². The first-order valence-electron chi connectivity index (χ1n) is 4.09. The highest BCUT2D eigenvalue weighted by molar-refractivity contribution is 5.97. The highest BCUT2D eigenvalue weighted by atomic mass is 16.1. The number of rotatable bonds is 1. The summed E-state index contributed by atoms with van der Waals surface area (Å²) < 4.78 is 0. The van der Waals surface area contributed by atoms with E-state index in [0.717, 1.165) is 0 Å². The SMILES string of the molecule is CC(=O)Nc1cncc2nccnc12. The average molecular weight is 188 g/mol. The number of aromatic nitrogens is 3. The molecular formula is C9H8N4O. The topological polar surface area (TPSA) is 67.8 Å². The molecule has 0 aliphatic rings. The van der Waals surface area contributed by atoms with Gasteiger partial charge in [0.15, 0.2) is 0 Å². The molecule has 0 saturated carbocycles. The number of carbonyl (C=O) groups excluding carboxylic acids is 1. The van der Waals surface area contributed by atoms with Crippen molar-refractivity contribution < 1.29 is 4.79 Å². The Morgan fingerprint density at radius 1 is 1.29 bits per heavy atom. The van der Waals surface area contributed by atoms with Crippen LogP contribution < -0.4 is 5.32 Å². The molecule has 5 nitrogen and oxygen atoms in total. The third-order valence-corrected chi connectivity index (χ3v) is 1.69. The summed E-state index contributed by atoms with van der Waals surface area (Å²) >= 11 is 0. The second-order valence-corrected chi connectivity index (χ2v) is 2.79. The van der Waals surface area contributed by atoms with E-state index >= 15 is 0 Å². The molecule has 1 N–H and O–H groups in total. The number of hydrogen-bond donors (Lipinski definition) is 1. The van der Waals surface area contributed by atoms with Crippen LogP contribution >= 0.6 is 0 Å². The third-order valence-electron chi connectivity index (χ3n) is 1.69. The highest BCUT2D eigenvalue weighted by Crippen LogP contribution is 2.16. The van der Waals surface area contributed by atoms with E-state index in [0.29, 0.717) is 16.7 Å². The minimum atomic E-state index is -0.148. The van der Waals surface area contributed by atoms with Gasteiger partial charge in [-0.3, -0.25) is 19.7 Å². The number of amides is 1. The number of fused-ring (bicyclic) bond motifs is 1. The van der Waals surface area contributed by atoms with Gasteiger partial charge in [-0.1, -0.05) is 0 Å². The maximum absolute atomic E-state index is 10.9. The Kier molecular flexibility index (Phi) is 2.06. The second kappa shape index (κ2) is 3.37. The van der Waals surface area contributed by atoms with E-state index < -0.39 is 0 Å². The molecule has 0 aliphatic heterocycles. The quantitative estimate of drug-likeness (QED) is 0.724. The smallest absolute Gasteiger partial charge is 0.221 e. The van der Waals surface area contributed by atoms with Gasteiger partial charge in [-0.05, 0) is 0 Å². The summed E-state index contributed by atoms with van der Waals surface area (Å²) in [6, 6.07) is 0. The van der Waals surface area contributed by atoms with Crippen molar-refractivity contribution in [3.05, 3.63) is 24.8 Å². The van der Waals surface area contributed by atoms with Gasteiger partial charge < -0.3 is 5.32 Å². The molecule has 0 atom stereocenters. The van der Waals surface area contributed by atoms with Crippen LogP contribution in [-0.2, 0) is 4.79 Å². The van der Waals surface area contributed by atoms with Crippen molar-refractivity contribution >= 4 is 22.6 Å². The fourth-order valence-electron chi connectivity index (χ4n) is 1.18. The highest BCUT2D eigenvalue weighted by Gasteiger charge is 2.03. The first-order chi connectivity index (χ1) is 6.77. The fourth-order valence-corrected chi connectivity index (χ4v) is 1.18. The van der Waals surface area contributed by atoms with Crippen LogP contribution in [0.1, 0.15) is 6.92 Å². The molecule has 14 heavy (non-hydrogen) atoms. The summed E-state index contributed by atoms with van der Waals surface area (Å²) in [4.78, 5) is 23.0. The maximum Gasteiger partial charge on any atom is 0.221 e. The van der Waals surface area contributed by atoms with Gasteiger partial charge in [0.2, 0.25) is 5.91 Å². The summed E-state index contributed by atoms with van der Waals surface area (Å²) in [6.45, 7) is 1.44. The number of anilines is 1. The van der Waals surface area contributed by atoms with Crippen LogP contribution in [0, 0.1) is 0 Å². The summed E-state index contributed by atoms with van der Waals surface area (Å²) in [5.41, 5.74) is 1.90. The summed E-state index contributed by atoms with van der Waals surface area (Å²) in [6.07, 6.45) is 6.32. The van der Waals surface area contributed by atoms with Crippen LogP contribution in [0.25, 0.3) is 11.0 Å². The second-order valence-electron chi connectivity index (χ2n) is 2.79. The van der Waals surface area contributed by atoms with Gasteiger partial charge in [-0.2, -0.15) is 0 Å². The van der Waals surface area contributed by atoms with Gasteiger partial charge in [0.25, 0.3) is 0 Å². The zero-order chi connectivity index (χ0) is 9.97. The number of nitrogens with one attached hydrogen (secondary N) is 1. The molecule has 2 heterocycles. The van der Waals surface area contributed by atoms with Gasteiger partial charge in [0.05, 0.1) is 18.1 Å². The van der Waals surface area contributed by atoms with Crippen LogP contribution in [-0.4, -0.2) is 20.9 Å². The standard InChI is InChI=1S/C9H8N4O/c1-6(14)13-8-5-10-4-7-9(8)12-3-2-11-7/h2-5H,1H3,(H,13,14). The normalized spacial score (nSPS) is 10.1. The minimum Gasteiger partial charge on any atom is -0.323 e. The van der Waals surface area contributed by atoms with Gasteiger partial charge in [-0.15, -0.1) is 0 Å². The molecule has 0 unspecified atom stereocenters. The molecular weight excluding hydrogens is 180 g/mol. The Morgan fingerprint density at radius 3 is 2.86 bits per heavy atom. The zero-order valence-corrected chi connectivity index (χ0v) is 7.56. The van der Waals surface area contributed by atoms with Crippen molar-refractivity contribution in [2.45, 2.75) is 6.92 Å². The van der Waals surface area contributed by atoms with Crippen LogP contribution in [0.5, 0.6) is 0 Å². The number of hydrogen-bond acceptors (Lipinski definition) is 4. The molecule has 0 aliphatic carbocycles. The predicted molar refractivity (Wildman–Crippen MR) is 51.6 cm³/mol. The monoisotopic (exact) mass is 188 g/mol. The molecule has 0 spiro atoms. The first kappa shape index (κ1) is 8.55. The molecule has 70 valence electrons. The van der Waals surface area contributed by atoms with E-state index in [-0.39, 0.29) is 5.91 Å². The Balaban J connectivity index is 2.59. The molecule has 0 radical (unpaired) electrons. The van der Waals surface area contributed by atoms with Crippen molar-refractivity contribution in [1.29, 1.82) is 0 Å². The van der Waals surface area contributed by atoms with E-state index in [4.69, 9.17) is 0 Å². The third kappa shape index (κ3) is 1.52. The van der Waals surface area contributed by atoms with Crippen molar-refractivity contribution in [2.24, 2.45) is 0 Å². The molecule has 0 fully saturated rings. The van der Waals surface area contributed by atoms with E-state index in [1.807, 2.05) is 0 Å². The molecule has 5 heteroatoms. The lowest BCUT2D eigenvalue weighted by molar-refractivity contribution is -0.114. The average Bonchev–Trinajstić information content (AvgIpc) is 2.18. The molecule has 2 rings (SSSR count). The van der Waals surface area contributed by atoms with Gasteiger partial charge in [0.1, 0.15) is 11.0 Å². The van der Waals surface area contributed by atoms with Crippen LogP contribution in [0.2, 0.25) is 0 Å². The first-order valence-corrected chi connectivity index (χ1v) is 4.09. The lowest BCUT2D eigenvalue weighted by Crippen LogP contribution is -2.07. The van der Waals surface area contributed by atoms with Crippen molar-refractivity contribution in [3.63, 3.8) is 0 Å². The predicted octanol–water partition coefficient (Wildman–Crippen LogP) is 0.983. The summed E-state index contributed by atoms with van der Waals surface area (Å²) in [7, 11) is 0. The summed E-state index contributed by atoms with van der Waals surface area (Å²) in [5.74, 6) is -0.148. The lowest BCUT2D eigenvalue weighted by Gasteiger charge is -2.03.